The molecule has 7 aliphatic rings. The number of esters is 2. The average molecular weight is 926 g/mol. The van der Waals surface area contributed by atoms with Crippen LogP contribution in [-0.4, -0.2) is 113 Å². The van der Waals surface area contributed by atoms with Crippen LogP contribution in [0.25, 0.3) is 10.9 Å². The number of nitrogens with zero attached hydrogens (tertiary/aromatic N) is 5. The highest BCUT2D eigenvalue weighted by atomic mass is 32.2. The van der Waals surface area contributed by atoms with Crippen molar-refractivity contribution < 1.29 is 53.0 Å². The number of aromatic nitrogens is 1. The number of methoxy groups -OCH3 is 2. The molecule has 0 saturated carbocycles. The lowest BCUT2D eigenvalue weighted by Crippen LogP contribution is -2.69. The summed E-state index contributed by atoms with van der Waals surface area (Å²) in [5.74, 6) is -0.532. The van der Waals surface area contributed by atoms with Crippen molar-refractivity contribution in [3.8, 4) is 46.3 Å². The number of aromatic hydroxyl groups is 2. The second-order valence-corrected chi connectivity index (χ2v) is 19.1. The maximum atomic E-state index is 15.8. The van der Waals surface area contributed by atoms with E-state index in [1.54, 1.807) is 42.3 Å². The van der Waals surface area contributed by atoms with Gasteiger partial charge < -0.3 is 43.5 Å². The van der Waals surface area contributed by atoms with E-state index in [2.05, 4.69) is 20.9 Å². The topological polar surface area (TPSA) is 193 Å². The van der Waals surface area contributed by atoms with Crippen LogP contribution in [0.5, 0.6) is 40.2 Å². The first kappa shape index (κ1) is 42.9. The van der Waals surface area contributed by atoms with E-state index in [1.165, 1.54) is 32.9 Å². The van der Waals surface area contributed by atoms with Gasteiger partial charge in [-0.15, -0.1) is 11.8 Å². The van der Waals surface area contributed by atoms with E-state index < -0.39 is 52.8 Å². The molecule has 4 bridgehead atoms. The Labute approximate surface area is 389 Å². The Balaban J connectivity index is 1.18. The first-order valence-corrected chi connectivity index (χ1v) is 23.2. The van der Waals surface area contributed by atoms with Gasteiger partial charge in [-0.1, -0.05) is 18.2 Å². The monoisotopic (exact) mass is 925 g/mol. The number of rotatable bonds is 4. The van der Waals surface area contributed by atoms with E-state index in [-0.39, 0.29) is 54.7 Å². The van der Waals surface area contributed by atoms with Crippen LogP contribution < -0.4 is 23.7 Å². The molecule has 4 aromatic carbocycles. The van der Waals surface area contributed by atoms with Crippen LogP contribution in [0.3, 0.4) is 0 Å². The fourth-order valence-electron chi connectivity index (χ4n) is 11.9. The van der Waals surface area contributed by atoms with Crippen LogP contribution in [0.4, 0.5) is 0 Å². The minimum atomic E-state index is -1.84. The molecule has 0 radical (unpaired) electrons. The maximum absolute atomic E-state index is 15.8. The Hall–Kier alpha value is -6.74. The van der Waals surface area contributed by atoms with Gasteiger partial charge in [-0.3, -0.25) is 24.4 Å². The Morgan fingerprint density at radius 1 is 0.985 bits per heavy atom. The summed E-state index contributed by atoms with van der Waals surface area (Å²) in [6.07, 6.45) is 2.38. The second-order valence-electron chi connectivity index (χ2n) is 18.0. The third-order valence-corrected chi connectivity index (χ3v) is 16.2. The number of phenolic OH excluding ortho intramolecular Hbond substituents is 2. The Bertz CT molecular complexity index is 3030. The quantitative estimate of drug-likeness (QED) is 0.155. The van der Waals surface area contributed by atoms with E-state index in [9.17, 15) is 20.3 Å². The summed E-state index contributed by atoms with van der Waals surface area (Å²) in [6.45, 7) is 4.63. The number of amides is 1. The number of hydrogen-bond donors (Lipinski definition) is 2. The number of piperazine rings is 1. The van der Waals surface area contributed by atoms with Crippen molar-refractivity contribution in [3.63, 3.8) is 0 Å². The Kier molecular flexibility index (Phi) is 10.0. The Morgan fingerprint density at radius 2 is 1.79 bits per heavy atom. The molecule has 0 aliphatic carbocycles. The molecular formula is C50H47N5O11S. The fraction of sp³-hybridized carbons (Fsp3) is 0.380. The number of hydrogen-bond acceptors (Lipinski definition) is 16. The van der Waals surface area contributed by atoms with Crippen molar-refractivity contribution >= 4 is 40.5 Å². The van der Waals surface area contributed by atoms with Crippen molar-refractivity contribution in [3.05, 3.63) is 105 Å². The minimum Gasteiger partial charge on any atom is -0.504 e. The number of benzene rings is 4. The normalized spacial score (nSPS) is 25.9. The highest BCUT2D eigenvalue weighted by molar-refractivity contribution is 7.99. The summed E-state index contributed by atoms with van der Waals surface area (Å²) in [5, 5.41) is 34.9. The summed E-state index contributed by atoms with van der Waals surface area (Å²) >= 11 is 1.35. The lowest BCUT2D eigenvalue weighted by molar-refractivity contribution is -0.162. The number of fused-ring (bicyclic) bond motifs is 10. The maximum Gasteiger partial charge on any atom is 0.337 e. The van der Waals surface area contributed by atoms with E-state index >= 15 is 9.59 Å². The van der Waals surface area contributed by atoms with Gasteiger partial charge in [-0.25, -0.2) is 4.79 Å². The standard InChI is InChI=1S/C50H47N5O11S/c1-23-14-29-16-32-33(19-51)55-34-20-63-49(60)50(30-18-36(61-5)35(57)17-27(30)11-13-54(50)48(59)28-10-9-26-8-7-12-52-31(26)15-28)21-67-47(41(55)40(53(32)4)37(29)42(58)43(23)62-6)39-38(34)46-45(64-22-65-46)24(2)44(39)66-25(3)56/h7-10,12,14-15,17-18,32-34,40-41,47,57-58H,11,13,16,20-22H2,1-6H3/t32-,33-,34+,40+,41+,47+,50+/m0/s1. The number of likely N-dealkylation sites (N-methyl/N-ethyl adjacent to an activating group) is 1. The number of nitriles is 1. The summed E-state index contributed by atoms with van der Waals surface area (Å²) in [4.78, 5) is 54.7. The fourth-order valence-corrected chi connectivity index (χ4v) is 13.7. The molecule has 344 valence electrons. The molecule has 67 heavy (non-hydrogen) atoms. The molecule has 17 heteroatoms. The zero-order valence-corrected chi connectivity index (χ0v) is 38.4. The lowest BCUT2D eigenvalue weighted by Gasteiger charge is -2.62. The largest absolute Gasteiger partial charge is 0.504 e. The highest BCUT2D eigenvalue weighted by Crippen LogP contribution is 2.65. The summed E-state index contributed by atoms with van der Waals surface area (Å²) in [7, 11) is 4.89. The van der Waals surface area contributed by atoms with E-state index in [0.29, 0.717) is 74.6 Å². The summed E-state index contributed by atoms with van der Waals surface area (Å²) in [6, 6.07) is 13.5. The number of aryl methyl sites for hydroxylation is 1. The van der Waals surface area contributed by atoms with Gasteiger partial charge in [0.15, 0.2) is 40.0 Å². The minimum absolute atomic E-state index is 0.0129. The van der Waals surface area contributed by atoms with E-state index in [0.717, 1.165) is 16.5 Å². The number of carbonyl (C=O) groups excluding carboxylic acids is 3. The highest BCUT2D eigenvalue weighted by Gasteiger charge is 2.63. The number of thioether (sulfide) groups is 1. The molecular weight excluding hydrogens is 879 g/mol. The Morgan fingerprint density at radius 3 is 2.55 bits per heavy atom. The average Bonchev–Trinajstić information content (AvgIpc) is 3.81. The van der Waals surface area contributed by atoms with Gasteiger partial charge in [0.1, 0.15) is 18.4 Å². The molecule has 16 nitrogen and oxygen atoms in total. The van der Waals surface area contributed by atoms with Gasteiger partial charge in [-0.05, 0) is 86.3 Å². The summed E-state index contributed by atoms with van der Waals surface area (Å²) in [5.41, 5.74) is 4.06. The SMILES string of the molecule is COc1cc2c(cc1O)CCN(C(=O)c1ccc3cccnc3c1)[C@]21CS[C@@H]2c3c(OC(C)=O)c(C)c4c(c3[C@@H](COC1=O)N1[C@@H]2[C@H]2c3c(cc(C)c(OC)c3O)C[C@@H]([C@@H]1C#N)N2C)OCO4. The van der Waals surface area contributed by atoms with Crippen LogP contribution in [0.1, 0.15) is 79.1 Å². The van der Waals surface area contributed by atoms with Gasteiger partial charge >= 0.3 is 11.9 Å². The molecule has 0 unspecified atom stereocenters. The van der Waals surface area contributed by atoms with Gasteiger partial charge in [0.2, 0.25) is 6.79 Å². The molecule has 2 saturated heterocycles. The molecule has 7 aliphatic heterocycles. The summed E-state index contributed by atoms with van der Waals surface area (Å²) < 4.78 is 36.8. The van der Waals surface area contributed by atoms with Crippen molar-refractivity contribution in [2.75, 3.05) is 47.0 Å². The van der Waals surface area contributed by atoms with Crippen LogP contribution in [0.2, 0.25) is 0 Å². The van der Waals surface area contributed by atoms with Crippen molar-refractivity contribution in [2.45, 2.75) is 74.6 Å². The zero-order valence-electron chi connectivity index (χ0n) is 37.6. The zero-order chi connectivity index (χ0) is 46.8. The van der Waals surface area contributed by atoms with Gasteiger partial charge in [0.25, 0.3) is 5.91 Å². The predicted octanol–water partition coefficient (Wildman–Crippen LogP) is 6.09. The van der Waals surface area contributed by atoms with Crippen molar-refractivity contribution in [1.82, 2.24) is 19.7 Å². The van der Waals surface area contributed by atoms with E-state index in [1.807, 2.05) is 38.2 Å². The molecule has 2 N–H and O–H groups in total. The van der Waals surface area contributed by atoms with Crippen LogP contribution in [0, 0.1) is 25.2 Å². The smallest absolute Gasteiger partial charge is 0.337 e. The molecule has 1 spiro atoms. The van der Waals surface area contributed by atoms with Crippen molar-refractivity contribution in [1.29, 1.82) is 5.26 Å². The number of pyridine rings is 1. The van der Waals surface area contributed by atoms with Crippen molar-refractivity contribution in [2.24, 2.45) is 0 Å². The number of ether oxygens (including phenoxy) is 6. The second kappa shape index (κ2) is 15.7. The third-order valence-electron chi connectivity index (χ3n) is 14.7. The molecule has 1 amide bonds. The molecule has 1 aromatic heterocycles. The predicted molar refractivity (Wildman–Crippen MR) is 243 cm³/mol. The van der Waals surface area contributed by atoms with Gasteiger partial charge in [-0.2, -0.15) is 5.26 Å². The van der Waals surface area contributed by atoms with Crippen LogP contribution in [-0.2, 0) is 32.7 Å². The van der Waals surface area contributed by atoms with Crippen LogP contribution >= 0.6 is 11.8 Å². The third kappa shape index (κ3) is 6.05. The molecule has 7 atom stereocenters. The molecule has 5 aromatic rings. The number of phenols is 2. The first-order valence-electron chi connectivity index (χ1n) is 22.1. The molecule has 8 heterocycles. The first-order chi connectivity index (χ1) is 32.3. The number of carbonyl (C=O) groups is 3. The van der Waals surface area contributed by atoms with Gasteiger partial charge in [0, 0.05) is 70.7 Å². The van der Waals surface area contributed by atoms with Crippen LogP contribution in [0.15, 0.2) is 54.7 Å². The molecule has 12 rings (SSSR count). The van der Waals surface area contributed by atoms with E-state index in [4.69, 9.17) is 28.4 Å². The molecule has 2 fully saturated rings. The van der Waals surface area contributed by atoms with Gasteiger partial charge in [0.05, 0.1) is 43.1 Å². The lowest BCUT2D eigenvalue weighted by atomic mass is 9.71.